The molecule has 0 aliphatic heterocycles. The van der Waals surface area contributed by atoms with Crippen molar-refractivity contribution < 1.29 is 8.42 Å². The van der Waals surface area contributed by atoms with Gasteiger partial charge in [0, 0.05) is 18.5 Å². The van der Waals surface area contributed by atoms with Gasteiger partial charge in [0.25, 0.3) is 0 Å². The van der Waals surface area contributed by atoms with E-state index in [-0.39, 0.29) is 0 Å². The third-order valence-electron chi connectivity index (χ3n) is 1.84. The van der Waals surface area contributed by atoms with E-state index in [9.17, 15) is 8.42 Å². The summed E-state index contributed by atoms with van der Waals surface area (Å²) in [6.45, 7) is 2.92. The first-order valence-corrected chi connectivity index (χ1v) is 6.47. The van der Waals surface area contributed by atoms with Crippen molar-refractivity contribution in [3.05, 3.63) is 24.3 Å². The van der Waals surface area contributed by atoms with Gasteiger partial charge in [-0.05, 0) is 24.6 Å². The maximum absolute atomic E-state index is 11.2. The Kier molecular flexibility index (Phi) is 3.52. The molecule has 0 saturated carbocycles. The average molecular weight is 213 g/mol. The first-order valence-electron chi connectivity index (χ1n) is 4.58. The minimum atomic E-state index is -3.09. The second-order valence-corrected chi connectivity index (χ2v) is 5.24. The summed E-state index contributed by atoms with van der Waals surface area (Å²) in [7, 11) is -3.09. The van der Waals surface area contributed by atoms with E-state index in [1.165, 1.54) is 6.26 Å². The highest BCUT2D eigenvalue weighted by molar-refractivity contribution is 7.90. The van der Waals surface area contributed by atoms with Crippen molar-refractivity contribution in [3.8, 4) is 0 Å². The third kappa shape index (κ3) is 3.03. The van der Waals surface area contributed by atoms with Crippen molar-refractivity contribution in [2.24, 2.45) is 0 Å². The number of anilines is 1. The number of hydrogen-bond acceptors (Lipinski definition) is 3. The van der Waals surface area contributed by atoms with Crippen molar-refractivity contribution >= 4 is 15.5 Å². The van der Waals surface area contributed by atoms with E-state index in [1.54, 1.807) is 18.2 Å². The Morgan fingerprint density at radius 1 is 1.36 bits per heavy atom. The van der Waals surface area contributed by atoms with Crippen LogP contribution in [0.5, 0.6) is 0 Å². The third-order valence-corrected chi connectivity index (χ3v) is 2.95. The van der Waals surface area contributed by atoms with Gasteiger partial charge in [-0.25, -0.2) is 8.42 Å². The lowest BCUT2D eigenvalue weighted by atomic mass is 10.3. The summed E-state index contributed by atoms with van der Waals surface area (Å²) < 4.78 is 22.5. The summed E-state index contributed by atoms with van der Waals surface area (Å²) in [6, 6.07) is 6.87. The predicted molar refractivity (Wildman–Crippen MR) is 58.3 cm³/mol. The fraction of sp³-hybridized carbons (Fsp3) is 0.400. The SMILES string of the molecule is CCCNc1cccc(S(C)(=O)=O)c1. The zero-order chi connectivity index (χ0) is 10.6. The van der Waals surface area contributed by atoms with Gasteiger partial charge in [0.1, 0.15) is 0 Å². The van der Waals surface area contributed by atoms with Gasteiger partial charge in [-0.3, -0.25) is 0 Å². The van der Waals surface area contributed by atoms with E-state index in [0.717, 1.165) is 18.7 Å². The fourth-order valence-corrected chi connectivity index (χ4v) is 1.77. The summed E-state index contributed by atoms with van der Waals surface area (Å²) >= 11 is 0. The van der Waals surface area contributed by atoms with Crippen LogP contribution in [-0.2, 0) is 9.84 Å². The maximum Gasteiger partial charge on any atom is 0.175 e. The lowest BCUT2D eigenvalue weighted by Crippen LogP contribution is -2.02. The first-order chi connectivity index (χ1) is 6.54. The second-order valence-electron chi connectivity index (χ2n) is 3.23. The van der Waals surface area contributed by atoms with Crippen LogP contribution in [0.3, 0.4) is 0 Å². The summed E-state index contributed by atoms with van der Waals surface area (Å²) in [5.41, 5.74) is 0.856. The molecule has 14 heavy (non-hydrogen) atoms. The van der Waals surface area contributed by atoms with Gasteiger partial charge < -0.3 is 5.32 Å². The monoisotopic (exact) mass is 213 g/mol. The van der Waals surface area contributed by atoms with E-state index >= 15 is 0 Å². The Morgan fingerprint density at radius 3 is 2.64 bits per heavy atom. The van der Waals surface area contributed by atoms with Crippen molar-refractivity contribution in [2.75, 3.05) is 18.1 Å². The van der Waals surface area contributed by atoms with Crippen LogP contribution in [0.15, 0.2) is 29.2 Å². The van der Waals surface area contributed by atoms with Gasteiger partial charge in [0.2, 0.25) is 0 Å². The van der Waals surface area contributed by atoms with Gasteiger partial charge >= 0.3 is 0 Å². The van der Waals surface area contributed by atoms with Crippen LogP contribution in [-0.4, -0.2) is 21.2 Å². The molecule has 1 aromatic rings. The van der Waals surface area contributed by atoms with Gasteiger partial charge in [-0.1, -0.05) is 13.0 Å². The highest BCUT2D eigenvalue weighted by Gasteiger charge is 2.06. The zero-order valence-electron chi connectivity index (χ0n) is 8.45. The second kappa shape index (κ2) is 4.46. The number of benzene rings is 1. The average Bonchev–Trinajstić information content (AvgIpc) is 2.14. The van der Waals surface area contributed by atoms with E-state index in [4.69, 9.17) is 0 Å². The topological polar surface area (TPSA) is 46.2 Å². The molecule has 0 radical (unpaired) electrons. The normalized spacial score (nSPS) is 11.3. The van der Waals surface area contributed by atoms with Crippen LogP contribution in [0.4, 0.5) is 5.69 Å². The molecule has 0 unspecified atom stereocenters. The molecule has 0 bridgehead atoms. The van der Waals surface area contributed by atoms with Gasteiger partial charge in [-0.2, -0.15) is 0 Å². The molecule has 0 aliphatic carbocycles. The zero-order valence-corrected chi connectivity index (χ0v) is 9.26. The maximum atomic E-state index is 11.2. The molecule has 3 nitrogen and oxygen atoms in total. The molecule has 0 heterocycles. The van der Waals surface area contributed by atoms with Crippen LogP contribution < -0.4 is 5.32 Å². The molecule has 0 atom stereocenters. The van der Waals surface area contributed by atoms with Gasteiger partial charge in [0.05, 0.1) is 4.90 Å². The lowest BCUT2D eigenvalue weighted by Gasteiger charge is -2.05. The fourth-order valence-electron chi connectivity index (χ4n) is 1.11. The Morgan fingerprint density at radius 2 is 2.07 bits per heavy atom. The molecule has 0 fully saturated rings. The van der Waals surface area contributed by atoms with E-state index in [2.05, 4.69) is 12.2 Å². The molecule has 78 valence electrons. The standard InChI is InChI=1S/C10H15NO2S/c1-3-7-11-9-5-4-6-10(8-9)14(2,12)13/h4-6,8,11H,3,7H2,1-2H3. The molecule has 1 aromatic carbocycles. The van der Waals surface area contributed by atoms with Crippen molar-refractivity contribution in [1.82, 2.24) is 0 Å². The summed E-state index contributed by atoms with van der Waals surface area (Å²) in [6.07, 6.45) is 2.23. The van der Waals surface area contributed by atoms with Crippen molar-refractivity contribution in [3.63, 3.8) is 0 Å². The smallest absolute Gasteiger partial charge is 0.175 e. The molecular formula is C10H15NO2S. The van der Waals surface area contributed by atoms with E-state index < -0.39 is 9.84 Å². The minimum Gasteiger partial charge on any atom is -0.385 e. The van der Waals surface area contributed by atoms with E-state index in [0.29, 0.717) is 4.90 Å². The molecule has 1 rings (SSSR count). The molecule has 0 spiro atoms. The van der Waals surface area contributed by atoms with Gasteiger partial charge in [-0.15, -0.1) is 0 Å². The molecule has 4 heteroatoms. The van der Waals surface area contributed by atoms with Crippen LogP contribution >= 0.6 is 0 Å². The molecular weight excluding hydrogens is 198 g/mol. The highest BCUT2D eigenvalue weighted by Crippen LogP contribution is 2.14. The highest BCUT2D eigenvalue weighted by atomic mass is 32.2. The number of sulfone groups is 1. The molecule has 0 amide bonds. The summed E-state index contributed by atoms with van der Waals surface area (Å²) in [5, 5.41) is 3.14. The minimum absolute atomic E-state index is 0.360. The van der Waals surface area contributed by atoms with Crippen molar-refractivity contribution in [1.29, 1.82) is 0 Å². The Labute approximate surface area is 85.1 Å². The van der Waals surface area contributed by atoms with Crippen LogP contribution in [0.2, 0.25) is 0 Å². The predicted octanol–water partition coefficient (Wildman–Crippen LogP) is 1.91. The summed E-state index contributed by atoms with van der Waals surface area (Å²) in [5.74, 6) is 0. The lowest BCUT2D eigenvalue weighted by molar-refractivity contribution is 0.602. The Bertz CT molecular complexity index is 398. The first kappa shape index (κ1) is 11.0. The quantitative estimate of drug-likeness (QED) is 0.831. The molecule has 0 saturated heterocycles. The van der Waals surface area contributed by atoms with E-state index in [1.807, 2.05) is 6.07 Å². The number of rotatable bonds is 4. The molecule has 0 aromatic heterocycles. The van der Waals surface area contributed by atoms with Crippen LogP contribution in [0, 0.1) is 0 Å². The summed E-state index contributed by atoms with van der Waals surface area (Å²) in [4.78, 5) is 0.360. The Hall–Kier alpha value is -1.03. The molecule has 0 aliphatic rings. The Balaban J connectivity index is 2.90. The van der Waals surface area contributed by atoms with Crippen molar-refractivity contribution in [2.45, 2.75) is 18.2 Å². The number of hydrogen-bond donors (Lipinski definition) is 1. The molecule has 1 N–H and O–H groups in total. The largest absolute Gasteiger partial charge is 0.385 e. The van der Waals surface area contributed by atoms with Crippen LogP contribution in [0.1, 0.15) is 13.3 Å². The van der Waals surface area contributed by atoms with Crippen LogP contribution in [0.25, 0.3) is 0 Å². The van der Waals surface area contributed by atoms with Gasteiger partial charge in [0.15, 0.2) is 9.84 Å². The number of nitrogens with one attached hydrogen (secondary N) is 1.